The molecular formula is C22H23N3O5. The fraction of sp³-hybridized carbons (Fsp3) is 0.318. The predicted octanol–water partition coefficient (Wildman–Crippen LogP) is 0.787. The highest BCUT2D eigenvalue weighted by Gasteiger charge is 2.37. The van der Waals surface area contributed by atoms with Crippen molar-refractivity contribution in [3.8, 4) is 5.75 Å². The Labute approximate surface area is 173 Å². The van der Waals surface area contributed by atoms with E-state index in [2.05, 4.69) is 5.10 Å². The summed E-state index contributed by atoms with van der Waals surface area (Å²) >= 11 is 0. The van der Waals surface area contributed by atoms with E-state index in [0.29, 0.717) is 19.5 Å². The number of nitrogens with zero attached hydrogens (tertiary/aromatic N) is 3. The van der Waals surface area contributed by atoms with Crippen molar-refractivity contribution in [2.75, 3.05) is 6.54 Å². The number of aliphatic hydroxyl groups is 2. The van der Waals surface area contributed by atoms with Crippen LogP contribution in [0.4, 0.5) is 0 Å². The van der Waals surface area contributed by atoms with Crippen LogP contribution in [-0.2, 0) is 29.1 Å². The van der Waals surface area contributed by atoms with Crippen LogP contribution in [0, 0.1) is 0 Å². The molecule has 0 aromatic heterocycles. The summed E-state index contributed by atoms with van der Waals surface area (Å²) in [7, 11) is 0. The number of carbonyl (C=O) groups is 2. The number of fused-ring (bicyclic) bond motifs is 1. The topological polar surface area (TPSA) is 114 Å². The summed E-state index contributed by atoms with van der Waals surface area (Å²) in [6.07, 6.45) is -2.71. The summed E-state index contributed by atoms with van der Waals surface area (Å²) in [5, 5.41) is 35.6. The second-order valence-electron chi connectivity index (χ2n) is 7.55. The maximum atomic E-state index is 12.7. The van der Waals surface area contributed by atoms with Crippen molar-refractivity contribution in [3.05, 3.63) is 65.2 Å². The monoisotopic (exact) mass is 409 g/mol. The summed E-state index contributed by atoms with van der Waals surface area (Å²) in [5.74, 6) is -0.791. The van der Waals surface area contributed by atoms with E-state index in [4.69, 9.17) is 0 Å². The lowest BCUT2D eigenvalue weighted by Crippen LogP contribution is -2.48. The van der Waals surface area contributed by atoms with Crippen LogP contribution in [0.25, 0.3) is 0 Å². The predicted molar refractivity (Wildman–Crippen MR) is 108 cm³/mol. The van der Waals surface area contributed by atoms with Crippen LogP contribution in [0.2, 0.25) is 0 Å². The van der Waals surface area contributed by atoms with E-state index in [1.807, 2.05) is 24.3 Å². The molecule has 0 spiro atoms. The molecule has 2 aliphatic heterocycles. The van der Waals surface area contributed by atoms with Crippen LogP contribution in [0.1, 0.15) is 23.1 Å². The van der Waals surface area contributed by atoms with Gasteiger partial charge in [0.2, 0.25) is 5.91 Å². The standard InChI is InChI=1S/C22H23N3O5/c26-17-7-5-14(6-8-17)12-25-19(27)11-18(23-25)20(28)21(29)22(30)24-10-9-15-3-1-2-4-16(15)13-24/h1-8,20-21,26,28-29H,9-13H2. The number of hydrogen-bond donors (Lipinski definition) is 3. The van der Waals surface area contributed by atoms with Gasteiger partial charge in [0.05, 0.1) is 18.7 Å². The Balaban J connectivity index is 1.42. The van der Waals surface area contributed by atoms with E-state index in [-0.39, 0.29) is 30.3 Å². The van der Waals surface area contributed by atoms with Crippen LogP contribution < -0.4 is 0 Å². The number of aliphatic hydroxyl groups excluding tert-OH is 2. The Hall–Kier alpha value is -3.23. The molecule has 2 amide bonds. The SMILES string of the molecule is O=C(C(O)C(O)C1=NN(Cc2ccc(O)cc2)C(=O)C1)N1CCc2ccccc2C1. The number of hydrogen-bond acceptors (Lipinski definition) is 6. The first-order chi connectivity index (χ1) is 14.4. The summed E-state index contributed by atoms with van der Waals surface area (Å²) in [4.78, 5) is 26.5. The van der Waals surface area contributed by atoms with Gasteiger partial charge in [0.25, 0.3) is 5.91 Å². The van der Waals surface area contributed by atoms with Crippen LogP contribution in [0.5, 0.6) is 5.75 Å². The van der Waals surface area contributed by atoms with Gasteiger partial charge >= 0.3 is 0 Å². The molecule has 0 bridgehead atoms. The Bertz CT molecular complexity index is 989. The first-order valence-corrected chi connectivity index (χ1v) is 9.79. The van der Waals surface area contributed by atoms with Gasteiger partial charge in [-0.3, -0.25) is 9.59 Å². The van der Waals surface area contributed by atoms with Gasteiger partial charge in [0.1, 0.15) is 11.9 Å². The smallest absolute Gasteiger partial charge is 0.254 e. The van der Waals surface area contributed by atoms with Gasteiger partial charge < -0.3 is 20.2 Å². The average molecular weight is 409 g/mol. The van der Waals surface area contributed by atoms with Gasteiger partial charge in [-0.05, 0) is 35.2 Å². The molecule has 0 saturated carbocycles. The molecule has 3 N–H and O–H groups in total. The number of hydrazone groups is 1. The summed E-state index contributed by atoms with van der Waals surface area (Å²) in [6.45, 7) is 0.997. The lowest BCUT2D eigenvalue weighted by atomic mass is 9.98. The quantitative estimate of drug-likeness (QED) is 0.676. The second-order valence-corrected chi connectivity index (χ2v) is 7.55. The van der Waals surface area contributed by atoms with Gasteiger partial charge in [-0.25, -0.2) is 5.01 Å². The fourth-order valence-electron chi connectivity index (χ4n) is 3.74. The van der Waals surface area contributed by atoms with E-state index in [1.54, 1.807) is 12.1 Å². The molecule has 156 valence electrons. The summed E-state index contributed by atoms with van der Waals surface area (Å²) in [6, 6.07) is 14.2. The second kappa shape index (κ2) is 8.25. The van der Waals surface area contributed by atoms with Gasteiger partial charge in [-0.15, -0.1) is 0 Å². The van der Waals surface area contributed by atoms with Crippen molar-refractivity contribution in [2.24, 2.45) is 5.10 Å². The number of phenols is 1. The van der Waals surface area contributed by atoms with Crippen LogP contribution in [0.3, 0.4) is 0 Å². The zero-order valence-electron chi connectivity index (χ0n) is 16.3. The van der Waals surface area contributed by atoms with Crippen molar-refractivity contribution in [3.63, 3.8) is 0 Å². The molecule has 2 aromatic rings. The van der Waals surface area contributed by atoms with E-state index >= 15 is 0 Å². The molecule has 4 rings (SSSR count). The maximum Gasteiger partial charge on any atom is 0.254 e. The van der Waals surface area contributed by atoms with E-state index in [1.165, 1.54) is 27.6 Å². The summed E-state index contributed by atoms with van der Waals surface area (Å²) in [5.41, 5.74) is 3.01. The first-order valence-electron chi connectivity index (χ1n) is 9.79. The van der Waals surface area contributed by atoms with Crippen molar-refractivity contribution in [1.82, 2.24) is 9.91 Å². The minimum Gasteiger partial charge on any atom is -0.508 e. The molecule has 8 nitrogen and oxygen atoms in total. The number of carbonyl (C=O) groups excluding carboxylic acids is 2. The van der Waals surface area contributed by atoms with Crippen molar-refractivity contribution in [2.45, 2.75) is 38.1 Å². The molecule has 0 radical (unpaired) electrons. The molecule has 8 heteroatoms. The third kappa shape index (κ3) is 4.05. The first kappa shape index (κ1) is 20.1. The number of amides is 2. The minimum atomic E-state index is -1.68. The Morgan fingerprint density at radius 1 is 1.07 bits per heavy atom. The van der Waals surface area contributed by atoms with Gasteiger partial charge in [0.15, 0.2) is 6.10 Å². The largest absolute Gasteiger partial charge is 0.508 e. The maximum absolute atomic E-state index is 12.7. The molecule has 2 atom stereocenters. The van der Waals surface area contributed by atoms with Crippen molar-refractivity contribution in [1.29, 1.82) is 0 Å². The third-order valence-electron chi connectivity index (χ3n) is 5.47. The van der Waals surface area contributed by atoms with E-state index in [0.717, 1.165) is 11.1 Å². The molecule has 2 aromatic carbocycles. The van der Waals surface area contributed by atoms with Crippen LogP contribution >= 0.6 is 0 Å². The Morgan fingerprint density at radius 2 is 1.77 bits per heavy atom. The highest BCUT2D eigenvalue weighted by molar-refractivity contribution is 6.08. The molecule has 0 fully saturated rings. The molecule has 0 aliphatic carbocycles. The zero-order valence-corrected chi connectivity index (χ0v) is 16.3. The van der Waals surface area contributed by atoms with Gasteiger partial charge in [0, 0.05) is 13.1 Å². The zero-order chi connectivity index (χ0) is 21.3. The van der Waals surface area contributed by atoms with E-state index in [9.17, 15) is 24.9 Å². The van der Waals surface area contributed by atoms with E-state index < -0.39 is 18.1 Å². The molecule has 30 heavy (non-hydrogen) atoms. The summed E-state index contributed by atoms with van der Waals surface area (Å²) < 4.78 is 0. The fourth-order valence-corrected chi connectivity index (χ4v) is 3.74. The van der Waals surface area contributed by atoms with Gasteiger partial charge in [-0.2, -0.15) is 5.10 Å². The van der Waals surface area contributed by atoms with Crippen LogP contribution in [0.15, 0.2) is 53.6 Å². The Morgan fingerprint density at radius 3 is 2.50 bits per heavy atom. The van der Waals surface area contributed by atoms with Crippen molar-refractivity contribution >= 4 is 17.5 Å². The third-order valence-corrected chi connectivity index (χ3v) is 5.47. The Kier molecular flexibility index (Phi) is 5.52. The molecular weight excluding hydrogens is 386 g/mol. The number of aromatic hydroxyl groups is 1. The van der Waals surface area contributed by atoms with Gasteiger partial charge in [-0.1, -0.05) is 36.4 Å². The molecule has 2 unspecified atom stereocenters. The van der Waals surface area contributed by atoms with Crippen LogP contribution in [-0.4, -0.2) is 61.5 Å². The average Bonchev–Trinajstić information content (AvgIpc) is 3.13. The minimum absolute atomic E-state index is 0.0667. The number of phenolic OH excluding ortho intramolecular Hbond substituents is 1. The lowest BCUT2D eigenvalue weighted by Gasteiger charge is -2.31. The van der Waals surface area contributed by atoms with Crippen molar-refractivity contribution < 1.29 is 24.9 Å². The molecule has 0 saturated heterocycles. The number of benzene rings is 2. The highest BCUT2D eigenvalue weighted by atomic mass is 16.3. The highest BCUT2D eigenvalue weighted by Crippen LogP contribution is 2.21. The lowest BCUT2D eigenvalue weighted by molar-refractivity contribution is -0.144. The number of rotatable bonds is 5. The molecule has 2 aliphatic rings. The molecule has 2 heterocycles. The normalized spacial score (nSPS) is 18.1.